The third kappa shape index (κ3) is 8.49. The molecule has 2 N–H and O–H groups in total. The van der Waals surface area contributed by atoms with Crippen LogP contribution < -0.4 is 5.32 Å². The average Bonchev–Trinajstić information content (AvgIpc) is 3.39. The van der Waals surface area contributed by atoms with E-state index < -0.39 is 50.2 Å². The summed E-state index contributed by atoms with van der Waals surface area (Å²) in [6.45, 7) is 10.3. The first-order valence-corrected chi connectivity index (χ1v) is 16.9. The van der Waals surface area contributed by atoms with Gasteiger partial charge >= 0.3 is 12.1 Å². The van der Waals surface area contributed by atoms with Crippen molar-refractivity contribution in [3.63, 3.8) is 0 Å². The number of aliphatic carboxylic acids is 1. The van der Waals surface area contributed by atoms with E-state index in [9.17, 15) is 27.9 Å². The summed E-state index contributed by atoms with van der Waals surface area (Å²) in [7, 11) is -3.91. The second-order valence-corrected chi connectivity index (χ2v) is 14.8. The lowest BCUT2D eigenvalue weighted by atomic mass is 9.93. The van der Waals surface area contributed by atoms with Crippen molar-refractivity contribution >= 4 is 27.8 Å². The third-order valence-electron chi connectivity index (χ3n) is 7.87. The van der Waals surface area contributed by atoms with E-state index in [4.69, 9.17) is 4.74 Å². The molecule has 1 aliphatic rings. The molecule has 0 radical (unpaired) electrons. The molecule has 2 aromatic rings. The molecular formula is C34H46N2O7S. The number of nitrogens with zero attached hydrogens (tertiary/aromatic N) is 1. The maximum absolute atomic E-state index is 14.1. The highest BCUT2D eigenvalue weighted by Gasteiger charge is 2.57. The lowest BCUT2D eigenvalue weighted by molar-refractivity contribution is -0.149. The van der Waals surface area contributed by atoms with Crippen LogP contribution in [0.25, 0.3) is 11.1 Å². The summed E-state index contributed by atoms with van der Waals surface area (Å²) >= 11 is 0. The molecule has 1 aliphatic heterocycles. The predicted molar refractivity (Wildman–Crippen MR) is 172 cm³/mol. The van der Waals surface area contributed by atoms with Gasteiger partial charge in [0.05, 0.1) is 5.75 Å². The Kier molecular flexibility index (Phi) is 11.8. The minimum Gasteiger partial charge on any atom is -0.480 e. The molecule has 0 aromatic heterocycles. The minimum atomic E-state index is -3.91. The van der Waals surface area contributed by atoms with Gasteiger partial charge in [0.25, 0.3) is 0 Å². The Morgan fingerprint density at radius 1 is 1.07 bits per heavy atom. The summed E-state index contributed by atoms with van der Waals surface area (Å²) in [5, 5.41) is 12.9. The second kappa shape index (κ2) is 14.9. The van der Waals surface area contributed by atoms with E-state index in [2.05, 4.69) is 11.9 Å². The molecule has 0 bridgehead atoms. The van der Waals surface area contributed by atoms with Crippen molar-refractivity contribution in [3.8, 4) is 11.1 Å². The summed E-state index contributed by atoms with van der Waals surface area (Å²) in [4.78, 5) is 40.6. The van der Waals surface area contributed by atoms with Crippen LogP contribution >= 0.6 is 0 Å². The van der Waals surface area contributed by atoms with Crippen LogP contribution in [0.1, 0.15) is 78.2 Å². The Labute approximate surface area is 261 Å². The summed E-state index contributed by atoms with van der Waals surface area (Å²) in [5.74, 6) is -2.10. The lowest BCUT2D eigenvalue weighted by Crippen LogP contribution is -2.53. The van der Waals surface area contributed by atoms with Gasteiger partial charge in [-0.05, 0) is 63.1 Å². The highest BCUT2D eigenvalue weighted by atomic mass is 32.2. The number of alkyl carbamates (subject to hydrolysis) is 1. The van der Waals surface area contributed by atoms with Crippen molar-refractivity contribution in [1.29, 1.82) is 0 Å². The van der Waals surface area contributed by atoms with E-state index in [-0.39, 0.29) is 25.1 Å². The van der Waals surface area contributed by atoms with E-state index in [1.807, 2.05) is 48.5 Å². The number of hydrogen-bond acceptors (Lipinski definition) is 6. The van der Waals surface area contributed by atoms with Crippen LogP contribution in [0.5, 0.6) is 0 Å². The zero-order chi connectivity index (χ0) is 32.5. The van der Waals surface area contributed by atoms with E-state index in [1.165, 1.54) is 0 Å². The molecule has 2 aromatic carbocycles. The van der Waals surface area contributed by atoms with Crippen LogP contribution in [0.2, 0.25) is 0 Å². The number of rotatable bonds is 14. The van der Waals surface area contributed by atoms with E-state index in [0.717, 1.165) is 35.3 Å². The van der Waals surface area contributed by atoms with Crippen LogP contribution in [0.3, 0.4) is 0 Å². The molecule has 0 spiro atoms. The van der Waals surface area contributed by atoms with E-state index in [0.29, 0.717) is 18.4 Å². The normalized spacial score (nSPS) is 19.3. The van der Waals surface area contributed by atoms with Crippen LogP contribution in [0.4, 0.5) is 4.79 Å². The number of carbonyl (C=O) groups excluding carboxylic acids is 2. The van der Waals surface area contributed by atoms with Crippen molar-refractivity contribution < 1.29 is 32.6 Å². The third-order valence-corrected chi connectivity index (χ3v) is 10.5. The fourth-order valence-electron chi connectivity index (χ4n) is 5.72. The van der Waals surface area contributed by atoms with Crippen molar-refractivity contribution in [2.45, 2.75) is 95.1 Å². The molecule has 44 heavy (non-hydrogen) atoms. The summed E-state index contributed by atoms with van der Waals surface area (Å²) < 4.78 is 31.8. The number of sulfone groups is 1. The van der Waals surface area contributed by atoms with Crippen LogP contribution in [0, 0.1) is 0 Å². The summed E-state index contributed by atoms with van der Waals surface area (Å²) in [6.07, 6.45) is 4.34. The Bertz CT molecular complexity index is 1400. The summed E-state index contributed by atoms with van der Waals surface area (Å²) in [5.41, 5.74) is 1.47. The zero-order valence-corrected chi connectivity index (χ0v) is 27.1. The van der Waals surface area contributed by atoms with Crippen LogP contribution in [-0.2, 0) is 28.9 Å². The Morgan fingerprint density at radius 3 is 2.27 bits per heavy atom. The molecule has 0 saturated carbocycles. The number of ether oxygens (including phenoxy) is 1. The highest BCUT2D eigenvalue weighted by Crippen LogP contribution is 2.44. The highest BCUT2D eigenvalue weighted by molar-refractivity contribution is 7.92. The quantitative estimate of drug-likeness (QED) is 0.192. The Balaban J connectivity index is 2.01. The molecular weight excluding hydrogens is 580 g/mol. The fourth-order valence-corrected chi connectivity index (χ4v) is 7.89. The molecule has 1 saturated heterocycles. The van der Waals surface area contributed by atoms with Gasteiger partial charge in [-0.2, -0.15) is 0 Å². The van der Waals surface area contributed by atoms with Gasteiger partial charge in [0, 0.05) is 13.0 Å². The van der Waals surface area contributed by atoms with Crippen LogP contribution in [-0.4, -0.2) is 66.4 Å². The number of allylic oxidation sites excluding steroid dienone is 1. The SMILES string of the molecule is C=CCCCCCC(NC(=O)OC(C)(C)C)C(=O)N1C[C@@](c2ccc(-c3ccccc3)cc2)(S(=O)(=O)CCC)C[C@H]1C(=O)O. The number of unbranched alkanes of at least 4 members (excludes halogenated alkanes) is 3. The topological polar surface area (TPSA) is 130 Å². The largest absolute Gasteiger partial charge is 0.480 e. The van der Waals surface area contributed by atoms with E-state index >= 15 is 0 Å². The minimum absolute atomic E-state index is 0.162. The first kappa shape index (κ1) is 34.8. The molecule has 0 aliphatic carbocycles. The Morgan fingerprint density at radius 2 is 1.70 bits per heavy atom. The first-order valence-electron chi connectivity index (χ1n) is 15.3. The van der Waals surface area contributed by atoms with Gasteiger partial charge in [-0.1, -0.05) is 80.4 Å². The molecule has 240 valence electrons. The van der Waals surface area contributed by atoms with Crippen molar-refractivity contribution in [3.05, 3.63) is 72.8 Å². The molecule has 10 heteroatoms. The number of nitrogens with one attached hydrogen (secondary N) is 1. The van der Waals surface area contributed by atoms with Crippen molar-refractivity contribution in [2.24, 2.45) is 0 Å². The Hall–Kier alpha value is -3.66. The zero-order valence-electron chi connectivity index (χ0n) is 26.3. The molecule has 9 nitrogen and oxygen atoms in total. The maximum Gasteiger partial charge on any atom is 0.408 e. The molecule has 3 rings (SSSR count). The predicted octanol–water partition coefficient (Wildman–Crippen LogP) is 6.09. The number of likely N-dealkylation sites (tertiary alicyclic amines) is 1. The van der Waals surface area contributed by atoms with Gasteiger partial charge in [0.1, 0.15) is 22.4 Å². The van der Waals surface area contributed by atoms with Crippen LogP contribution in [0.15, 0.2) is 67.3 Å². The maximum atomic E-state index is 14.1. The molecule has 1 fully saturated rings. The van der Waals surface area contributed by atoms with Gasteiger partial charge in [-0.15, -0.1) is 6.58 Å². The van der Waals surface area contributed by atoms with Gasteiger partial charge in [-0.25, -0.2) is 18.0 Å². The van der Waals surface area contributed by atoms with Gasteiger partial charge in [0.2, 0.25) is 5.91 Å². The number of carboxylic acid groups (broad SMARTS) is 1. The monoisotopic (exact) mass is 626 g/mol. The lowest BCUT2D eigenvalue weighted by Gasteiger charge is -2.31. The van der Waals surface area contributed by atoms with Gasteiger partial charge in [0.15, 0.2) is 9.84 Å². The van der Waals surface area contributed by atoms with Gasteiger partial charge in [-0.3, -0.25) is 4.79 Å². The molecule has 1 unspecified atom stereocenters. The number of carbonyl (C=O) groups is 3. The average molecular weight is 627 g/mol. The molecule has 1 heterocycles. The molecule has 2 amide bonds. The van der Waals surface area contributed by atoms with Crippen molar-refractivity contribution in [2.75, 3.05) is 12.3 Å². The second-order valence-electron chi connectivity index (χ2n) is 12.4. The van der Waals surface area contributed by atoms with Crippen molar-refractivity contribution in [1.82, 2.24) is 10.2 Å². The fraction of sp³-hybridized carbons (Fsp3) is 0.500. The van der Waals surface area contributed by atoms with E-state index in [1.54, 1.807) is 39.8 Å². The number of amides is 2. The number of hydrogen-bond donors (Lipinski definition) is 2. The number of benzene rings is 2. The van der Waals surface area contributed by atoms with Gasteiger partial charge < -0.3 is 20.1 Å². The smallest absolute Gasteiger partial charge is 0.408 e. The standard InChI is InChI=1S/C34H46N2O7S/c1-6-8-9-10-14-17-28(35-32(40)43-33(3,4)5)30(37)36-24-34(23-29(36)31(38)39,44(41,42)22-7-2)27-20-18-26(19-21-27)25-15-12-11-13-16-25/h6,11-13,15-16,18-21,28-29H,1,7-10,14,17,22-24H2,2-5H3,(H,35,40)(H,38,39)/t28?,29-,34-/m0/s1. The first-order chi connectivity index (χ1) is 20.7. The summed E-state index contributed by atoms with van der Waals surface area (Å²) in [6, 6.07) is 14.2. The molecule has 3 atom stereocenters. The number of carboxylic acids is 1.